The highest BCUT2D eigenvalue weighted by molar-refractivity contribution is 6.33. The Balaban J connectivity index is 1.80. The Hall–Kier alpha value is -3.73. The summed E-state index contributed by atoms with van der Waals surface area (Å²) < 4.78 is 18.6. The van der Waals surface area contributed by atoms with Gasteiger partial charge in [-0.1, -0.05) is 24.3 Å². The minimum absolute atomic E-state index is 0.231. The van der Waals surface area contributed by atoms with E-state index in [4.69, 9.17) is 4.74 Å². The number of amides is 1. The topological polar surface area (TPSA) is 41.9 Å². The second-order valence-corrected chi connectivity index (χ2v) is 6.72. The number of carbonyl (C=O) groups excluding carboxylic acids is 1. The minimum Gasteiger partial charge on any atom is -0.497 e. The van der Waals surface area contributed by atoms with Gasteiger partial charge in [0.15, 0.2) is 0 Å². The summed E-state index contributed by atoms with van der Waals surface area (Å²) in [7, 11) is 1.60. The van der Waals surface area contributed by atoms with Crippen LogP contribution in [0.3, 0.4) is 0 Å². The lowest BCUT2D eigenvalue weighted by molar-refractivity contribution is -0.113. The van der Waals surface area contributed by atoms with Crippen LogP contribution in [0.25, 0.3) is 6.08 Å². The van der Waals surface area contributed by atoms with Gasteiger partial charge in [0, 0.05) is 5.56 Å². The lowest BCUT2D eigenvalue weighted by Crippen LogP contribution is -2.32. The molecule has 1 heterocycles. The van der Waals surface area contributed by atoms with Crippen molar-refractivity contribution in [1.82, 2.24) is 0 Å². The number of ether oxygens (including phenoxy) is 1. The van der Waals surface area contributed by atoms with Crippen LogP contribution in [0.2, 0.25) is 0 Å². The summed E-state index contributed by atoms with van der Waals surface area (Å²) in [5.74, 6) is 0.641. The van der Waals surface area contributed by atoms with E-state index in [1.807, 2.05) is 55.5 Å². The number of amidine groups is 1. The van der Waals surface area contributed by atoms with Gasteiger partial charge < -0.3 is 4.74 Å². The monoisotopic (exact) mass is 386 g/mol. The van der Waals surface area contributed by atoms with Crippen molar-refractivity contribution in [1.29, 1.82) is 0 Å². The second kappa shape index (κ2) is 7.72. The molecule has 29 heavy (non-hydrogen) atoms. The number of carbonyl (C=O) groups is 1. The SMILES string of the molecule is COc1ccc(/C=C2/N=C(c3ccc(F)cc3)N(c3cccc(C)c3)C2=O)cc1. The van der Waals surface area contributed by atoms with Crippen molar-refractivity contribution in [2.45, 2.75) is 6.92 Å². The first kappa shape index (κ1) is 18.6. The third kappa shape index (κ3) is 3.80. The van der Waals surface area contributed by atoms with Crippen molar-refractivity contribution in [2.75, 3.05) is 12.0 Å². The van der Waals surface area contributed by atoms with E-state index in [9.17, 15) is 9.18 Å². The normalized spacial score (nSPS) is 15.0. The zero-order valence-corrected chi connectivity index (χ0v) is 16.1. The Bertz CT molecular complexity index is 1120. The molecule has 0 aliphatic carbocycles. The number of halogens is 1. The van der Waals surface area contributed by atoms with Crippen molar-refractivity contribution in [3.8, 4) is 5.75 Å². The fourth-order valence-electron chi connectivity index (χ4n) is 3.17. The van der Waals surface area contributed by atoms with E-state index in [-0.39, 0.29) is 11.7 Å². The molecule has 0 saturated heterocycles. The van der Waals surface area contributed by atoms with E-state index in [1.54, 1.807) is 30.2 Å². The highest BCUT2D eigenvalue weighted by atomic mass is 19.1. The summed E-state index contributed by atoms with van der Waals surface area (Å²) in [5, 5.41) is 0. The molecule has 144 valence electrons. The molecule has 1 aliphatic heterocycles. The molecule has 0 atom stereocenters. The molecule has 5 heteroatoms. The van der Waals surface area contributed by atoms with Crippen LogP contribution in [-0.4, -0.2) is 18.9 Å². The van der Waals surface area contributed by atoms with E-state index in [0.717, 1.165) is 22.6 Å². The minimum atomic E-state index is -0.338. The number of aryl methyl sites for hydroxylation is 1. The molecule has 0 bridgehead atoms. The maximum atomic E-state index is 13.4. The van der Waals surface area contributed by atoms with E-state index in [0.29, 0.717) is 17.1 Å². The average Bonchev–Trinajstić information content (AvgIpc) is 3.05. The number of hydrogen-bond donors (Lipinski definition) is 0. The van der Waals surface area contributed by atoms with Crippen molar-refractivity contribution >= 4 is 23.5 Å². The third-order valence-electron chi connectivity index (χ3n) is 4.64. The lowest BCUT2D eigenvalue weighted by atomic mass is 10.1. The van der Waals surface area contributed by atoms with Crippen LogP contribution < -0.4 is 9.64 Å². The number of rotatable bonds is 4. The Labute approximate surface area is 168 Å². The van der Waals surface area contributed by atoms with Gasteiger partial charge in [-0.25, -0.2) is 9.38 Å². The van der Waals surface area contributed by atoms with Gasteiger partial charge in [-0.05, 0) is 72.7 Å². The van der Waals surface area contributed by atoms with Crippen LogP contribution in [0, 0.1) is 12.7 Å². The van der Waals surface area contributed by atoms with Gasteiger partial charge in [0.2, 0.25) is 0 Å². The first-order chi connectivity index (χ1) is 14.0. The molecule has 0 radical (unpaired) electrons. The van der Waals surface area contributed by atoms with E-state index in [2.05, 4.69) is 4.99 Å². The summed E-state index contributed by atoms with van der Waals surface area (Å²) in [6, 6.07) is 21.0. The highest BCUT2D eigenvalue weighted by Crippen LogP contribution is 2.28. The Morgan fingerprint density at radius 1 is 1.00 bits per heavy atom. The molecule has 0 spiro atoms. The van der Waals surface area contributed by atoms with Crippen LogP contribution in [0.15, 0.2) is 83.5 Å². The molecule has 3 aromatic carbocycles. The maximum Gasteiger partial charge on any atom is 0.282 e. The molecule has 0 unspecified atom stereocenters. The molecule has 0 aromatic heterocycles. The molecule has 1 aliphatic rings. The van der Waals surface area contributed by atoms with Crippen LogP contribution in [-0.2, 0) is 4.79 Å². The summed E-state index contributed by atoms with van der Waals surface area (Å²) in [6.45, 7) is 1.97. The first-order valence-corrected chi connectivity index (χ1v) is 9.16. The van der Waals surface area contributed by atoms with Crippen molar-refractivity contribution in [2.24, 2.45) is 4.99 Å². The number of benzene rings is 3. The van der Waals surface area contributed by atoms with Gasteiger partial charge in [0.1, 0.15) is 23.1 Å². The number of nitrogens with zero attached hydrogens (tertiary/aromatic N) is 2. The standard InChI is InChI=1S/C24H19FN2O2/c1-16-4-3-5-20(14-16)27-23(18-8-10-19(25)11-9-18)26-22(24(27)28)15-17-6-12-21(29-2)13-7-17/h3-15H,1-2H3/b22-15+. The fourth-order valence-corrected chi connectivity index (χ4v) is 3.17. The van der Waals surface area contributed by atoms with Crippen molar-refractivity contribution < 1.29 is 13.9 Å². The molecular formula is C24H19FN2O2. The number of anilines is 1. The Morgan fingerprint density at radius 3 is 2.38 bits per heavy atom. The molecule has 0 saturated carbocycles. The average molecular weight is 386 g/mol. The van der Waals surface area contributed by atoms with E-state index in [1.165, 1.54) is 12.1 Å². The lowest BCUT2D eigenvalue weighted by Gasteiger charge is -2.19. The zero-order valence-electron chi connectivity index (χ0n) is 16.1. The van der Waals surface area contributed by atoms with Crippen molar-refractivity contribution in [3.05, 3.63) is 101 Å². The van der Waals surface area contributed by atoms with Gasteiger partial charge in [-0.15, -0.1) is 0 Å². The van der Waals surface area contributed by atoms with Gasteiger partial charge in [-0.3, -0.25) is 9.69 Å². The summed E-state index contributed by atoms with van der Waals surface area (Å²) >= 11 is 0. The molecule has 0 N–H and O–H groups in total. The van der Waals surface area contributed by atoms with Gasteiger partial charge >= 0.3 is 0 Å². The number of hydrogen-bond acceptors (Lipinski definition) is 3. The largest absolute Gasteiger partial charge is 0.497 e. The van der Waals surface area contributed by atoms with Crippen LogP contribution in [0.5, 0.6) is 5.75 Å². The molecule has 4 nitrogen and oxygen atoms in total. The molecule has 3 aromatic rings. The van der Waals surface area contributed by atoms with E-state index < -0.39 is 0 Å². The first-order valence-electron chi connectivity index (χ1n) is 9.16. The quantitative estimate of drug-likeness (QED) is 0.594. The van der Waals surface area contributed by atoms with Gasteiger partial charge in [0.25, 0.3) is 5.91 Å². The van der Waals surface area contributed by atoms with E-state index >= 15 is 0 Å². The van der Waals surface area contributed by atoms with Crippen LogP contribution in [0.1, 0.15) is 16.7 Å². The summed E-state index contributed by atoms with van der Waals surface area (Å²) in [4.78, 5) is 19.4. The molecular weight excluding hydrogens is 367 g/mol. The Kier molecular flexibility index (Phi) is 4.96. The third-order valence-corrected chi connectivity index (χ3v) is 4.64. The zero-order chi connectivity index (χ0) is 20.4. The summed E-state index contributed by atoms with van der Waals surface area (Å²) in [6.07, 6.45) is 1.74. The van der Waals surface area contributed by atoms with Crippen LogP contribution >= 0.6 is 0 Å². The fraction of sp³-hybridized carbons (Fsp3) is 0.0833. The summed E-state index contributed by atoms with van der Waals surface area (Å²) in [5.41, 5.74) is 3.57. The number of methoxy groups -OCH3 is 1. The van der Waals surface area contributed by atoms with Gasteiger partial charge in [0.05, 0.1) is 12.8 Å². The van der Waals surface area contributed by atoms with Crippen LogP contribution in [0.4, 0.5) is 10.1 Å². The molecule has 4 rings (SSSR count). The van der Waals surface area contributed by atoms with Crippen molar-refractivity contribution in [3.63, 3.8) is 0 Å². The van der Waals surface area contributed by atoms with Gasteiger partial charge in [-0.2, -0.15) is 0 Å². The number of aliphatic imine (C=N–C) groups is 1. The second-order valence-electron chi connectivity index (χ2n) is 6.72. The maximum absolute atomic E-state index is 13.4. The molecule has 1 amide bonds. The smallest absolute Gasteiger partial charge is 0.282 e. The highest BCUT2D eigenvalue weighted by Gasteiger charge is 2.32. The molecule has 0 fully saturated rings. The predicted octanol–water partition coefficient (Wildman–Crippen LogP) is 4.98. The Morgan fingerprint density at radius 2 is 1.72 bits per heavy atom. The predicted molar refractivity (Wildman–Crippen MR) is 113 cm³/mol.